The Bertz CT molecular complexity index is 1310. The van der Waals surface area contributed by atoms with Crippen molar-refractivity contribution in [3.05, 3.63) is 64.7 Å². The van der Waals surface area contributed by atoms with Gasteiger partial charge < -0.3 is 4.90 Å². The molecule has 3 fully saturated rings. The number of nitrogens with zero attached hydrogens (tertiary/aromatic N) is 3. The number of aryl methyl sites for hydroxylation is 1. The van der Waals surface area contributed by atoms with Gasteiger partial charge in [-0.3, -0.25) is 0 Å². The normalized spacial score (nSPS) is 25.0. The van der Waals surface area contributed by atoms with E-state index in [2.05, 4.69) is 29.2 Å². The van der Waals surface area contributed by atoms with Crippen LogP contribution >= 0.6 is 11.6 Å². The van der Waals surface area contributed by atoms with Crippen molar-refractivity contribution in [3.8, 4) is 0 Å². The van der Waals surface area contributed by atoms with Crippen LogP contribution in [0, 0.1) is 24.7 Å². The summed E-state index contributed by atoms with van der Waals surface area (Å²) in [5, 5.41) is 0.290. The minimum atomic E-state index is -3.61. The van der Waals surface area contributed by atoms with Gasteiger partial charge in [-0.15, -0.1) is 0 Å². The lowest BCUT2D eigenvalue weighted by atomic mass is 9.78. The van der Waals surface area contributed by atoms with Gasteiger partial charge in [-0.05, 0) is 73.6 Å². The molecule has 3 heterocycles. The molecule has 0 N–H and O–H groups in total. The van der Waals surface area contributed by atoms with Gasteiger partial charge in [0.25, 0.3) is 0 Å². The molecule has 5 rings (SSSR count). The molecule has 0 saturated carbocycles. The van der Waals surface area contributed by atoms with Crippen molar-refractivity contribution in [1.29, 1.82) is 0 Å². The molecular formula is C28H38ClN3O4S2. The Labute approximate surface area is 232 Å². The smallest absolute Gasteiger partial charge is 0.244 e. The number of hydrogen-bond donors (Lipinski definition) is 0. The van der Waals surface area contributed by atoms with E-state index in [-0.39, 0.29) is 9.92 Å². The van der Waals surface area contributed by atoms with Crippen molar-refractivity contribution in [2.45, 2.75) is 37.0 Å². The Hall–Kier alpha value is -1.49. The van der Waals surface area contributed by atoms with Crippen molar-refractivity contribution >= 4 is 31.6 Å². The molecule has 3 aliphatic heterocycles. The lowest BCUT2D eigenvalue weighted by Crippen LogP contribution is -2.39. The molecule has 3 aliphatic rings. The number of hydrogen-bond acceptors (Lipinski definition) is 5. The summed E-state index contributed by atoms with van der Waals surface area (Å²) in [4.78, 5) is 2.74. The Morgan fingerprint density at radius 2 is 1.50 bits per heavy atom. The molecule has 3 atom stereocenters. The van der Waals surface area contributed by atoms with E-state index in [1.54, 1.807) is 33.7 Å². The molecule has 0 bridgehead atoms. The van der Waals surface area contributed by atoms with Crippen LogP contribution < -0.4 is 0 Å². The summed E-state index contributed by atoms with van der Waals surface area (Å²) in [5.41, 5.74) is 2.02. The van der Waals surface area contributed by atoms with Crippen LogP contribution in [-0.4, -0.2) is 82.4 Å². The van der Waals surface area contributed by atoms with Gasteiger partial charge in [0, 0.05) is 39.3 Å². The summed E-state index contributed by atoms with van der Waals surface area (Å²) >= 11 is 6.31. The number of rotatable bonds is 8. The molecule has 38 heavy (non-hydrogen) atoms. The average Bonchev–Trinajstić information content (AvgIpc) is 3.44. The van der Waals surface area contributed by atoms with Gasteiger partial charge in [0.05, 0.1) is 11.3 Å². The molecule has 0 aromatic heterocycles. The van der Waals surface area contributed by atoms with E-state index in [4.69, 9.17) is 11.6 Å². The van der Waals surface area contributed by atoms with Crippen molar-refractivity contribution in [1.82, 2.24) is 13.5 Å². The summed E-state index contributed by atoms with van der Waals surface area (Å²) in [6.45, 7) is 6.85. The Morgan fingerprint density at radius 3 is 2.08 bits per heavy atom. The van der Waals surface area contributed by atoms with Gasteiger partial charge in [0.15, 0.2) is 0 Å². The first-order valence-electron chi connectivity index (χ1n) is 13.5. The highest BCUT2D eigenvalue weighted by Gasteiger charge is 2.45. The van der Waals surface area contributed by atoms with Crippen LogP contribution in [0.25, 0.3) is 0 Å². The van der Waals surface area contributed by atoms with Crippen LogP contribution in [0.15, 0.2) is 53.4 Å². The zero-order valence-corrected chi connectivity index (χ0v) is 24.6. The maximum atomic E-state index is 13.4. The van der Waals surface area contributed by atoms with Crippen LogP contribution in [0.1, 0.15) is 36.3 Å². The first-order chi connectivity index (χ1) is 18.0. The number of fused-ring (bicyclic) bond motifs is 1. The lowest BCUT2D eigenvalue weighted by Gasteiger charge is -2.36. The number of likely N-dealkylation sites (tertiary alicyclic amines) is 1. The minimum Gasteiger partial charge on any atom is -0.303 e. The molecule has 7 nitrogen and oxygen atoms in total. The summed E-state index contributed by atoms with van der Waals surface area (Å²) in [6, 6.07) is 15.8. The second-order valence-corrected chi connectivity index (χ2v) is 15.6. The molecule has 0 aliphatic carbocycles. The standard InChI is InChI=1S/C28H38ClN3O4S2/c1-21-7-6-10-27(29)28(21)38(35,36)32-19-24-17-30(18-25(24)20-32)14-13-26(22-8-4-3-5-9-22)23-11-15-31(16-12-23)37(2,33)34/h3-10,23-26H,11-20H2,1-2H3/t24-,25+,26?. The second kappa shape index (κ2) is 11.2. The van der Waals surface area contributed by atoms with E-state index in [1.165, 1.54) is 11.8 Å². The van der Waals surface area contributed by atoms with E-state index < -0.39 is 20.0 Å². The van der Waals surface area contributed by atoms with E-state index >= 15 is 0 Å². The topological polar surface area (TPSA) is 78.0 Å². The maximum Gasteiger partial charge on any atom is 0.244 e. The van der Waals surface area contributed by atoms with E-state index in [0.29, 0.717) is 55.4 Å². The fourth-order valence-electron chi connectivity index (χ4n) is 6.80. The highest BCUT2D eigenvalue weighted by atomic mass is 35.5. The average molecular weight is 580 g/mol. The monoisotopic (exact) mass is 579 g/mol. The van der Waals surface area contributed by atoms with Crippen LogP contribution in [0.4, 0.5) is 0 Å². The van der Waals surface area contributed by atoms with E-state index in [0.717, 1.165) is 38.9 Å². The van der Waals surface area contributed by atoms with Crippen LogP contribution in [0.5, 0.6) is 0 Å². The largest absolute Gasteiger partial charge is 0.303 e. The highest BCUT2D eigenvalue weighted by molar-refractivity contribution is 7.89. The fourth-order valence-corrected chi connectivity index (χ4v) is 10.0. The Kier molecular flexibility index (Phi) is 8.25. The molecule has 2 aromatic rings. The third kappa shape index (κ3) is 5.83. The fraction of sp³-hybridized carbons (Fsp3) is 0.571. The summed E-state index contributed by atoms with van der Waals surface area (Å²) in [7, 11) is -6.76. The van der Waals surface area contributed by atoms with Gasteiger partial charge in [0.2, 0.25) is 20.0 Å². The zero-order valence-electron chi connectivity index (χ0n) is 22.2. The van der Waals surface area contributed by atoms with Crippen LogP contribution in [-0.2, 0) is 20.0 Å². The summed E-state index contributed by atoms with van der Waals surface area (Å²) in [5.74, 6) is 1.51. The molecular weight excluding hydrogens is 542 g/mol. The first kappa shape index (κ1) is 28.1. The molecule has 3 saturated heterocycles. The summed E-state index contributed by atoms with van der Waals surface area (Å²) in [6.07, 6.45) is 4.08. The van der Waals surface area contributed by atoms with Gasteiger partial charge in [-0.1, -0.05) is 54.1 Å². The van der Waals surface area contributed by atoms with Crippen molar-refractivity contribution < 1.29 is 16.8 Å². The maximum absolute atomic E-state index is 13.4. The molecule has 2 aromatic carbocycles. The Morgan fingerprint density at radius 1 is 0.868 bits per heavy atom. The van der Waals surface area contributed by atoms with E-state index in [1.807, 2.05) is 6.07 Å². The summed E-state index contributed by atoms with van der Waals surface area (Å²) < 4.78 is 54.1. The number of halogens is 1. The lowest BCUT2D eigenvalue weighted by molar-refractivity contribution is 0.217. The number of sulfonamides is 2. The number of benzene rings is 2. The minimum absolute atomic E-state index is 0.242. The molecule has 0 spiro atoms. The van der Waals surface area contributed by atoms with Crippen molar-refractivity contribution in [2.75, 3.05) is 52.1 Å². The molecule has 208 valence electrons. The third-order valence-electron chi connectivity index (χ3n) is 8.81. The van der Waals surface area contributed by atoms with Crippen molar-refractivity contribution in [2.24, 2.45) is 17.8 Å². The molecule has 10 heteroatoms. The quantitative estimate of drug-likeness (QED) is 0.472. The van der Waals surface area contributed by atoms with Crippen LogP contribution in [0.2, 0.25) is 5.02 Å². The molecule has 1 unspecified atom stereocenters. The van der Waals surface area contributed by atoms with Gasteiger partial charge in [-0.25, -0.2) is 21.1 Å². The Balaban J connectivity index is 1.21. The SMILES string of the molecule is Cc1cccc(Cl)c1S(=O)(=O)N1C[C@H]2CN(CCC(c3ccccc3)C3CCN(S(C)(=O)=O)CC3)C[C@H]2C1. The van der Waals surface area contributed by atoms with Gasteiger partial charge in [-0.2, -0.15) is 4.31 Å². The second-order valence-electron chi connectivity index (χ2n) is 11.3. The van der Waals surface area contributed by atoms with Gasteiger partial charge in [0.1, 0.15) is 4.90 Å². The number of piperidine rings is 1. The molecule has 0 amide bonds. The van der Waals surface area contributed by atoms with Gasteiger partial charge >= 0.3 is 0 Å². The van der Waals surface area contributed by atoms with Crippen LogP contribution in [0.3, 0.4) is 0 Å². The zero-order chi connectivity index (χ0) is 27.1. The first-order valence-corrected chi connectivity index (χ1v) is 17.2. The predicted molar refractivity (Wildman–Crippen MR) is 151 cm³/mol. The predicted octanol–water partition coefficient (Wildman–Crippen LogP) is 4.05. The third-order valence-corrected chi connectivity index (χ3v) is 12.6. The molecule has 0 radical (unpaired) electrons. The van der Waals surface area contributed by atoms with E-state index in [9.17, 15) is 16.8 Å². The highest BCUT2D eigenvalue weighted by Crippen LogP contribution is 2.39. The van der Waals surface area contributed by atoms with Crippen molar-refractivity contribution in [3.63, 3.8) is 0 Å².